The third kappa shape index (κ3) is 3.06. The van der Waals surface area contributed by atoms with E-state index >= 15 is 0 Å². The summed E-state index contributed by atoms with van der Waals surface area (Å²) < 4.78 is 0. The lowest BCUT2D eigenvalue weighted by molar-refractivity contribution is 0.0697. The van der Waals surface area contributed by atoms with Crippen LogP contribution in [0.5, 0.6) is 0 Å². The van der Waals surface area contributed by atoms with Crippen LogP contribution in [0.25, 0.3) is 0 Å². The molecule has 0 amide bonds. The van der Waals surface area contributed by atoms with Crippen LogP contribution in [0, 0.1) is 5.92 Å². The largest absolute Gasteiger partial charge is 0.478 e. The number of nitrogens with one attached hydrogen (secondary N) is 1. The molecule has 1 heterocycles. The minimum atomic E-state index is -0.894. The van der Waals surface area contributed by atoms with Crippen LogP contribution in [-0.2, 0) is 12.8 Å². The molecule has 4 heteroatoms. The lowest BCUT2D eigenvalue weighted by Crippen LogP contribution is -2.17. The van der Waals surface area contributed by atoms with Gasteiger partial charge in [-0.2, -0.15) is 0 Å². The number of fused-ring (bicyclic) bond motifs is 1. The highest BCUT2D eigenvalue weighted by Gasteiger charge is 2.20. The molecule has 2 rings (SSSR count). The molecule has 0 fully saturated rings. The maximum Gasteiger partial charge on any atom is 0.339 e. The molecule has 0 bridgehead atoms. The highest BCUT2D eigenvalue weighted by atomic mass is 16.4. The molecule has 19 heavy (non-hydrogen) atoms. The third-order valence-electron chi connectivity index (χ3n) is 3.99. The van der Waals surface area contributed by atoms with Crippen LogP contribution in [0.15, 0.2) is 6.07 Å². The minimum Gasteiger partial charge on any atom is -0.478 e. The van der Waals surface area contributed by atoms with Gasteiger partial charge in [-0.3, -0.25) is 0 Å². The summed E-state index contributed by atoms with van der Waals surface area (Å²) in [5.41, 5.74) is 2.48. The van der Waals surface area contributed by atoms with Gasteiger partial charge < -0.3 is 10.4 Å². The van der Waals surface area contributed by atoms with Crippen molar-refractivity contribution in [3.05, 3.63) is 22.9 Å². The number of aromatic carboxylic acids is 1. The van der Waals surface area contributed by atoms with Gasteiger partial charge in [0.05, 0.1) is 0 Å². The van der Waals surface area contributed by atoms with Gasteiger partial charge in [-0.15, -0.1) is 0 Å². The number of aromatic nitrogens is 1. The SMILES string of the molecule is CCC(CC)CNc1nc2c(cc1C(=O)O)CCC2. The lowest BCUT2D eigenvalue weighted by atomic mass is 10.0. The van der Waals surface area contributed by atoms with Crippen molar-refractivity contribution in [2.75, 3.05) is 11.9 Å². The summed E-state index contributed by atoms with van der Waals surface area (Å²) in [5.74, 6) is 0.214. The fourth-order valence-electron chi connectivity index (χ4n) is 2.59. The number of pyridine rings is 1. The van der Waals surface area contributed by atoms with Crippen LogP contribution >= 0.6 is 0 Å². The molecular weight excluding hydrogens is 240 g/mol. The first-order valence-corrected chi connectivity index (χ1v) is 7.15. The highest BCUT2D eigenvalue weighted by Crippen LogP contribution is 2.25. The second-order valence-electron chi connectivity index (χ2n) is 5.21. The van der Waals surface area contributed by atoms with E-state index in [0.717, 1.165) is 49.9 Å². The standard InChI is InChI=1S/C15H22N2O2/c1-3-10(4-2)9-16-14-12(15(18)19)8-11-6-5-7-13(11)17-14/h8,10H,3-7,9H2,1-2H3,(H,16,17)(H,18,19). The Hall–Kier alpha value is -1.58. The number of carbonyl (C=O) groups is 1. The average Bonchev–Trinajstić information content (AvgIpc) is 2.85. The molecule has 1 aliphatic carbocycles. The average molecular weight is 262 g/mol. The smallest absolute Gasteiger partial charge is 0.339 e. The Balaban J connectivity index is 2.20. The predicted octanol–water partition coefficient (Wildman–Crippen LogP) is 3.12. The fourth-order valence-corrected chi connectivity index (χ4v) is 2.59. The van der Waals surface area contributed by atoms with Crippen LogP contribution in [0.2, 0.25) is 0 Å². The molecule has 104 valence electrons. The van der Waals surface area contributed by atoms with Gasteiger partial charge in [0.1, 0.15) is 11.4 Å². The van der Waals surface area contributed by atoms with E-state index in [2.05, 4.69) is 24.1 Å². The molecule has 2 N–H and O–H groups in total. The van der Waals surface area contributed by atoms with Crippen LogP contribution in [0.3, 0.4) is 0 Å². The van der Waals surface area contributed by atoms with E-state index in [1.165, 1.54) is 0 Å². The van der Waals surface area contributed by atoms with E-state index in [1.807, 2.05) is 0 Å². The Labute approximate surface area is 114 Å². The number of hydrogen-bond donors (Lipinski definition) is 2. The van der Waals surface area contributed by atoms with Crippen molar-refractivity contribution in [1.29, 1.82) is 0 Å². The molecule has 0 atom stereocenters. The monoisotopic (exact) mass is 262 g/mol. The number of aryl methyl sites for hydroxylation is 2. The van der Waals surface area contributed by atoms with Crippen LogP contribution < -0.4 is 5.32 Å². The zero-order chi connectivity index (χ0) is 13.8. The van der Waals surface area contributed by atoms with Crippen LogP contribution in [0.4, 0.5) is 5.82 Å². The van der Waals surface area contributed by atoms with E-state index < -0.39 is 5.97 Å². The first kappa shape index (κ1) is 13.8. The Morgan fingerprint density at radius 1 is 1.42 bits per heavy atom. The van der Waals surface area contributed by atoms with Crippen molar-refractivity contribution < 1.29 is 9.90 Å². The van der Waals surface area contributed by atoms with E-state index in [0.29, 0.717) is 17.3 Å². The quantitative estimate of drug-likeness (QED) is 0.827. The van der Waals surface area contributed by atoms with Gasteiger partial charge in [-0.05, 0) is 36.8 Å². The molecular formula is C15H22N2O2. The van der Waals surface area contributed by atoms with Crippen molar-refractivity contribution in [1.82, 2.24) is 4.98 Å². The lowest BCUT2D eigenvalue weighted by Gasteiger charge is -2.16. The maximum absolute atomic E-state index is 11.3. The number of carboxylic acid groups (broad SMARTS) is 1. The molecule has 1 aromatic heterocycles. The molecule has 0 saturated carbocycles. The Morgan fingerprint density at radius 2 is 2.16 bits per heavy atom. The van der Waals surface area contributed by atoms with Crippen molar-refractivity contribution >= 4 is 11.8 Å². The molecule has 0 aliphatic heterocycles. The molecule has 1 aromatic rings. The van der Waals surface area contributed by atoms with Gasteiger partial charge in [-0.1, -0.05) is 26.7 Å². The number of carboxylic acids is 1. The van der Waals surface area contributed by atoms with Gasteiger partial charge >= 0.3 is 5.97 Å². The topological polar surface area (TPSA) is 62.2 Å². The van der Waals surface area contributed by atoms with E-state index in [4.69, 9.17) is 0 Å². The summed E-state index contributed by atoms with van der Waals surface area (Å²) >= 11 is 0. The minimum absolute atomic E-state index is 0.312. The number of hydrogen-bond acceptors (Lipinski definition) is 3. The Kier molecular flexibility index (Phi) is 4.40. The van der Waals surface area contributed by atoms with E-state index in [9.17, 15) is 9.90 Å². The maximum atomic E-state index is 11.3. The second kappa shape index (κ2) is 6.04. The summed E-state index contributed by atoms with van der Waals surface area (Å²) in [4.78, 5) is 15.8. The summed E-state index contributed by atoms with van der Waals surface area (Å²) in [6.07, 6.45) is 5.19. The van der Waals surface area contributed by atoms with Gasteiger partial charge in [0.15, 0.2) is 0 Å². The van der Waals surface area contributed by atoms with E-state index in [-0.39, 0.29) is 0 Å². The molecule has 0 aromatic carbocycles. The Morgan fingerprint density at radius 3 is 2.79 bits per heavy atom. The summed E-state index contributed by atoms with van der Waals surface area (Å²) in [6, 6.07) is 1.80. The number of nitrogens with zero attached hydrogens (tertiary/aromatic N) is 1. The van der Waals surface area contributed by atoms with Crippen molar-refractivity contribution in [3.63, 3.8) is 0 Å². The predicted molar refractivity (Wildman–Crippen MR) is 75.8 cm³/mol. The summed E-state index contributed by atoms with van der Waals surface area (Å²) in [6.45, 7) is 5.10. The first-order valence-electron chi connectivity index (χ1n) is 7.15. The zero-order valence-corrected chi connectivity index (χ0v) is 11.7. The summed E-state index contributed by atoms with van der Waals surface area (Å²) in [7, 11) is 0. The van der Waals surface area contributed by atoms with Gasteiger partial charge in [0.2, 0.25) is 0 Å². The van der Waals surface area contributed by atoms with Gasteiger partial charge in [0, 0.05) is 12.2 Å². The van der Waals surface area contributed by atoms with Crippen LogP contribution in [-0.4, -0.2) is 22.6 Å². The van der Waals surface area contributed by atoms with Crippen LogP contribution in [0.1, 0.15) is 54.7 Å². The highest BCUT2D eigenvalue weighted by molar-refractivity contribution is 5.93. The zero-order valence-electron chi connectivity index (χ0n) is 11.7. The summed E-state index contributed by atoms with van der Waals surface area (Å²) in [5, 5.41) is 12.5. The normalized spacial score (nSPS) is 13.6. The first-order chi connectivity index (χ1) is 9.15. The second-order valence-corrected chi connectivity index (χ2v) is 5.21. The molecule has 0 radical (unpaired) electrons. The van der Waals surface area contributed by atoms with Crippen molar-refractivity contribution in [3.8, 4) is 0 Å². The van der Waals surface area contributed by atoms with Crippen molar-refractivity contribution in [2.45, 2.75) is 46.0 Å². The molecule has 0 unspecified atom stereocenters. The Bertz CT molecular complexity index is 467. The molecule has 0 spiro atoms. The van der Waals surface area contributed by atoms with Crippen molar-refractivity contribution in [2.24, 2.45) is 5.92 Å². The molecule has 1 aliphatic rings. The van der Waals surface area contributed by atoms with Gasteiger partial charge in [0.25, 0.3) is 0 Å². The van der Waals surface area contributed by atoms with E-state index in [1.54, 1.807) is 6.07 Å². The number of rotatable bonds is 6. The fraction of sp³-hybridized carbons (Fsp3) is 0.600. The number of anilines is 1. The van der Waals surface area contributed by atoms with Gasteiger partial charge in [-0.25, -0.2) is 9.78 Å². The molecule has 4 nitrogen and oxygen atoms in total. The molecule has 0 saturated heterocycles. The third-order valence-corrected chi connectivity index (χ3v) is 3.99.